The van der Waals surface area contributed by atoms with E-state index in [0.717, 1.165) is 38.9 Å². The van der Waals surface area contributed by atoms with Crippen LogP contribution in [0.1, 0.15) is 44.2 Å². The number of piperidine rings is 1. The third-order valence-electron chi connectivity index (χ3n) is 4.49. The van der Waals surface area contributed by atoms with Gasteiger partial charge in [0, 0.05) is 18.5 Å². The van der Waals surface area contributed by atoms with Crippen molar-refractivity contribution in [3.05, 3.63) is 35.4 Å². The maximum Gasteiger partial charge on any atom is 0.223 e. The fraction of sp³-hybridized carbons (Fsp3) is 0.611. The van der Waals surface area contributed by atoms with Crippen molar-refractivity contribution in [3.8, 4) is 0 Å². The van der Waals surface area contributed by atoms with Gasteiger partial charge in [0.05, 0.1) is 0 Å². The minimum absolute atomic E-state index is 0.202. The number of carbonyl (C=O) groups excluding carboxylic acids is 1. The second kappa shape index (κ2) is 7.60. The first-order valence-electron chi connectivity index (χ1n) is 8.16. The molecular weight excluding hydrogens is 260 g/mol. The molecule has 0 radical (unpaired) electrons. The zero-order valence-electron chi connectivity index (χ0n) is 13.6. The van der Waals surface area contributed by atoms with E-state index in [4.69, 9.17) is 0 Å². The number of likely N-dealkylation sites (tertiary alicyclic amines) is 1. The summed E-state index contributed by atoms with van der Waals surface area (Å²) < 4.78 is 0. The van der Waals surface area contributed by atoms with Crippen LogP contribution in [0.3, 0.4) is 0 Å². The lowest BCUT2D eigenvalue weighted by Gasteiger charge is -2.31. The Hall–Kier alpha value is -1.35. The third kappa shape index (κ3) is 4.85. The van der Waals surface area contributed by atoms with Gasteiger partial charge in [0.2, 0.25) is 5.91 Å². The van der Waals surface area contributed by atoms with Gasteiger partial charge < -0.3 is 5.32 Å². The van der Waals surface area contributed by atoms with Gasteiger partial charge >= 0.3 is 0 Å². The van der Waals surface area contributed by atoms with Gasteiger partial charge in [-0.1, -0.05) is 36.8 Å². The highest BCUT2D eigenvalue weighted by Crippen LogP contribution is 2.19. The molecule has 116 valence electrons. The Kier molecular flexibility index (Phi) is 5.80. The molecule has 0 saturated carbocycles. The minimum Gasteiger partial charge on any atom is -0.353 e. The van der Waals surface area contributed by atoms with Crippen LogP contribution in [0.25, 0.3) is 0 Å². The van der Waals surface area contributed by atoms with E-state index in [2.05, 4.69) is 55.3 Å². The molecule has 0 unspecified atom stereocenters. The maximum atomic E-state index is 12.1. The second-order valence-electron chi connectivity index (χ2n) is 6.35. The number of amides is 1. The summed E-state index contributed by atoms with van der Waals surface area (Å²) in [7, 11) is 0. The molecule has 2 rings (SSSR count). The summed E-state index contributed by atoms with van der Waals surface area (Å²) in [6, 6.07) is 9.04. The van der Waals surface area contributed by atoms with Crippen LogP contribution in [0.5, 0.6) is 0 Å². The van der Waals surface area contributed by atoms with Crippen molar-refractivity contribution in [2.75, 3.05) is 13.1 Å². The van der Waals surface area contributed by atoms with E-state index in [1.807, 2.05) is 0 Å². The number of carbonyl (C=O) groups is 1. The molecule has 3 nitrogen and oxygen atoms in total. The maximum absolute atomic E-state index is 12.1. The molecule has 0 aromatic heterocycles. The number of hydrogen-bond acceptors (Lipinski definition) is 2. The summed E-state index contributed by atoms with van der Waals surface area (Å²) in [6.45, 7) is 9.34. The smallest absolute Gasteiger partial charge is 0.223 e. The van der Waals surface area contributed by atoms with E-state index < -0.39 is 0 Å². The highest BCUT2D eigenvalue weighted by molar-refractivity contribution is 5.79. The Morgan fingerprint density at radius 3 is 2.48 bits per heavy atom. The van der Waals surface area contributed by atoms with Crippen LogP contribution >= 0.6 is 0 Å². The van der Waals surface area contributed by atoms with Crippen molar-refractivity contribution >= 4 is 5.91 Å². The summed E-state index contributed by atoms with van der Waals surface area (Å²) in [4.78, 5) is 14.6. The van der Waals surface area contributed by atoms with Crippen LogP contribution in [0.15, 0.2) is 24.3 Å². The number of hydrogen-bond donors (Lipinski definition) is 1. The summed E-state index contributed by atoms with van der Waals surface area (Å²) >= 11 is 0. The summed E-state index contributed by atoms with van der Waals surface area (Å²) in [6.07, 6.45) is 2.96. The number of benzene rings is 1. The number of rotatable bonds is 5. The first kappa shape index (κ1) is 16.0. The van der Waals surface area contributed by atoms with Crippen molar-refractivity contribution < 1.29 is 4.79 Å². The monoisotopic (exact) mass is 288 g/mol. The van der Waals surface area contributed by atoms with E-state index >= 15 is 0 Å². The highest BCUT2D eigenvalue weighted by Gasteiger charge is 2.25. The molecule has 1 aliphatic rings. The van der Waals surface area contributed by atoms with Crippen molar-refractivity contribution in [1.29, 1.82) is 0 Å². The van der Waals surface area contributed by atoms with Gasteiger partial charge in [-0.3, -0.25) is 9.69 Å². The topological polar surface area (TPSA) is 32.3 Å². The molecule has 1 heterocycles. The molecule has 1 aromatic carbocycles. The lowest BCUT2D eigenvalue weighted by atomic mass is 9.95. The number of nitrogens with one attached hydrogen (secondary N) is 1. The quantitative estimate of drug-likeness (QED) is 0.903. The molecular formula is C18H28N2O. The van der Waals surface area contributed by atoms with Gasteiger partial charge in [-0.25, -0.2) is 0 Å². The fourth-order valence-electron chi connectivity index (χ4n) is 2.77. The van der Waals surface area contributed by atoms with E-state index in [9.17, 15) is 4.79 Å². The van der Waals surface area contributed by atoms with Crippen LogP contribution < -0.4 is 5.32 Å². The normalized spacial score (nSPS) is 18.4. The average Bonchev–Trinajstić information content (AvgIpc) is 2.50. The third-order valence-corrected chi connectivity index (χ3v) is 4.49. The molecule has 1 amide bonds. The van der Waals surface area contributed by atoms with Crippen molar-refractivity contribution in [3.63, 3.8) is 0 Å². The standard InChI is InChI=1S/C18H28N2O/c1-4-15(3)19-18(21)17-9-11-20(12-10-17)13-16-7-5-14(2)6-8-16/h5-8,15,17H,4,9-13H2,1-3H3,(H,19,21)/t15-/m0/s1. The Bertz CT molecular complexity index is 447. The van der Waals surface area contributed by atoms with E-state index in [0.29, 0.717) is 6.04 Å². The fourth-order valence-corrected chi connectivity index (χ4v) is 2.77. The molecule has 0 bridgehead atoms. The molecule has 1 fully saturated rings. The number of aryl methyl sites for hydroxylation is 1. The molecule has 1 atom stereocenters. The van der Waals surface area contributed by atoms with Crippen molar-refractivity contribution in [1.82, 2.24) is 10.2 Å². The van der Waals surface area contributed by atoms with Crippen LogP contribution in [-0.2, 0) is 11.3 Å². The van der Waals surface area contributed by atoms with Crippen LogP contribution in [0, 0.1) is 12.8 Å². The predicted octanol–water partition coefficient (Wildman–Crippen LogP) is 3.12. The molecule has 0 aliphatic carbocycles. The average molecular weight is 288 g/mol. The van der Waals surface area contributed by atoms with Crippen molar-refractivity contribution in [2.45, 2.75) is 52.6 Å². The van der Waals surface area contributed by atoms with Gasteiger partial charge in [-0.05, 0) is 51.8 Å². The molecule has 3 heteroatoms. The van der Waals surface area contributed by atoms with Gasteiger partial charge in [-0.2, -0.15) is 0 Å². The van der Waals surface area contributed by atoms with E-state index in [1.165, 1.54) is 11.1 Å². The lowest BCUT2D eigenvalue weighted by molar-refractivity contribution is -0.127. The van der Waals surface area contributed by atoms with Gasteiger partial charge in [0.15, 0.2) is 0 Å². The summed E-state index contributed by atoms with van der Waals surface area (Å²) in [5.74, 6) is 0.451. The summed E-state index contributed by atoms with van der Waals surface area (Å²) in [5, 5.41) is 3.11. The van der Waals surface area contributed by atoms with E-state index in [-0.39, 0.29) is 11.8 Å². The highest BCUT2D eigenvalue weighted by atomic mass is 16.1. The Labute approximate surface area is 128 Å². The molecule has 1 N–H and O–H groups in total. The first-order chi connectivity index (χ1) is 10.1. The van der Waals surface area contributed by atoms with Crippen LogP contribution in [-0.4, -0.2) is 29.9 Å². The summed E-state index contributed by atoms with van der Waals surface area (Å²) in [5.41, 5.74) is 2.67. The lowest BCUT2D eigenvalue weighted by Crippen LogP contribution is -2.42. The second-order valence-corrected chi connectivity index (χ2v) is 6.35. The van der Waals surface area contributed by atoms with Crippen LogP contribution in [0.4, 0.5) is 0 Å². The zero-order valence-corrected chi connectivity index (χ0v) is 13.6. The molecule has 21 heavy (non-hydrogen) atoms. The number of nitrogens with zero attached hydrogens (tertiary/aromatic N) is 1. The van der Waals surface area contributed by atoms with E-state index in [1.54, 1.807) is 0 Å². The first-order valence-corrected chi connectivity index (χ1v) is 8.16. The largest absolute Gasteiger partial charge is 0.353 e. The van der Waals surface area contributed by atoms with Gasteiger partial charge in [0.1, 0.15) is 0 Å². The van der Waals surface area contributed by atoms with Gasteiger partial charge in [-0.15, -0.1) is 0 Å². The van der Waals surface area contributed by atoms with Gasteiger partial charge in [0.25, 0.3) is 0 Å². The molecule has 1 saturated heterocycles. The molecule has 1 aromatic rings. The zero-order chi connectivity index (χ0) is 15.2. The Balaban J connectivity index is 1.77. The SMILES string of the molecule is CC[C@H](C)NC(=O)C1CCN(Cc2ccc(C)cc2)CC1. The van der Waals surface area contributed by atoms with Crippen LogP contribution in [0.2, 0.25) is 0 Å². The van der Waals surface area contributed by atoms with Crippen molar-refractivity contribution in [2.24, 2.45) is 5.92 Å². The minimum atomic E-state index is 0.202. The molecule has 0 spiro atoms. The molecule has 1 aliphatic heterocycles. The Morgan fingerprint density at radius 2 is 1.90 bits per heavy atom. The Morgan fingerprint density at radius 1 is 1.29 bits per heavy atom. The predicted molar refractivity (Wildman–Crippen MR) is 87.1 cm³/mol.